The highest BCUT2D eigenvalue weighted by Crippen LogP contribution is 2.64. The maximum Gasteiger partial charge on any atom is 0.460 e. The lowest BCUT2D eigenvalue weighted by Gasteiger charge is -2.42. The number of nitrogens with zero attached hydrogens (tertiary/aromatic N) is 1. The molecule has 25 heteroatoms. The van der Waals surface area contributed by atoms with Crippen molar-refractivity contribution in [1.29, 1.82) is 0 Å². The molecule has 300 valence electrons. The average Bonchev–Trinajstić information content (AvgIpc) is 3.30. The van der Waals surface area contributed by atoms with Crippen molar-refractivity contribution in [3.8, 4) is 0 Å². The van der Waals surface area contributed by atoms with Crippen LogP contribution < -0.4 is 0 Å². The lowest BCUT2D eigenvalue weighted by molar-refractivity contribution is -0.461. The minimum atomic E-state index is -8.76. The first-order valence-corrected chi connectivity index (χ1v) is 16.8. The zero-order valence-electron chi connectivity index (χ0n) is 26.0. The second-order valence-corrected chi connectivity index (χ2v) is 14.9. The molecule has 1 aliphatic carbocycles. The minimum absolute atomic E-state index is 0.134. The van der Waals surface area contributed by atoms with Crippen LogP contribution in [0.5, 0.6) is 0 Å². The third kappa shape index (κ3) is 6.96. The Balaban J connectivity index is 1.92. The van der Waals surface area contributed by atoms with Crippen LogP contribution in [-0.4, -0.2) is 110 Å². The number of allylic oxidation sites excluding steroid dienone is 2. The van der Waals surface area contributed by atoms with Crippen LogP contribution in [0.25, 0.3) is 0 Å². The van der Waals surface area contributed by atoms with E-state index in [0.29, 0.717) is 0 Å². The van der Waals surface area contributed by atoms with Crippen LogP contribution in [0, 0.1) is 5.41 Å². The van der Waals surface area contributed by atoms with Crippen LogP contribution in [-0.2, 0) is 24.2 Å². The van der Waals surface area contributed by atoms with Gasteiger partial charge in [-0.05, 0) is 18.2 Å². The maximum atomic E-state index is 14.6. The van der Waals surface area contributed by atoms with E-state index in [0.717, 1.165) is 30.2 Å². The summed E-state index contributed by atoms with van der Waals surface area (Å²) in [5.41, 5.74) is -1.91. The van der Waals surface area contributed by atoms with Gasteiger partial charge in [0.2, 0.25) is 5.91 Å². The summed E-state index contributed by atoms with van der Waals surface area (Å²) in [6.45, 7) is -1.24. The fraction of sp³-hybridized carbons (Fsp3) is 0.571. The Bertz CT molecular complexity index is 1730. The largest absolute Gasteiger partial charge is 0.500 e. The van der Waals surface area contributed by atoms with Crippen molar-refractivity contribution in [2.45, 2.75) is 64.2 Å². The maximum absolute atomic E-state index is 14.6. The molecule has 0 radical (unpaired) electrons. The number of rotatable bonds is 15. The number of ether oxygens (including phenoxy) is 1. The molecule has 0 aromatic heterocycles. The molecule has 2 aliphatic rings. The van der Waals surface area contributed by atoms with E-state index in [2.05, 4.69) is 0 Å². The van der Waals surface area contributed by atoms with E-state index in [-0.39, 0.29) is 16.7 Å². The molecule has 2 atom stereocenters. The van der Waals surface area contributed by atoms with E-state index < -0.39 is 117 Å². The molecular weight excluding hydrogens is 817 g/mol. The van der Waals surface area contributed by atoms with E-state index in [1.165, 1.54) is 30.3 Å². The van der Waals surface area contributed by atoms with Gasteiger partial charge in [0.1, 0.15) is 11.0 Å². The molecule has 53 heavy (non-hydrogen) atoms. The fourth-order valence-corrected chi connectivity index (χ4v) is 7.86. The molecule has 0 saturated carbocycles. The fourth-order valence-electron chi connectivity index (χ4n) is 5.13. The molecule has 1 aliphatic heterocycles. The second-order valence-electron chi connectivity index (χ2n) is 11.5. The molecule has 1 aromatic carbocycles. The summed E-state index contributed by atoms with van der Waals surface area (Å²) >= 11 is -0.134. The Morgan fingerprint density at radius 3 is 1.75 bits per heavy atom. The van der Waals surface area contributed by atoms with Crippen molar-refractivity contribution in [2.24, 2.45) is 5.41 Å². The highest BCUT2D eigenvalue weighted by Gasteiger charge is 2.95. The number of carbonyl (C=O) groups excluding carboxylic acids is 2. The minimum Gasteiger partial charge on any atom is -0.500 e. The van der Waals surface area contributed by atoms with Gasteiger partial charge in [-0.25, -0.2) is 8.42 Å². The number of ketones is 1. The van der Waals surface area contributed by atoms with Crippen LogP contribution in [0.15, 0.2) is 59.2 Å². The van der Waals surface area contributed by atoms with Crippen molar-refractivity contribution >= 4 is 33.3 Å². The standard InChI is InChI=1S/C28H22F17NO5S2/c1-51-17-13-15(47)7-8-20(17)14-46(10-12-53(49,50)16-5-3-2-4-6-16)19(48)18(20)52-11-9-21(29,30)22(31,32)23(33,34)24(35,36)25(37,38)26(39,40)27(41,42)28(43,44)45/h2-8,13,18H,9-12,14H2,1H3/t18-,20+/m0/s1. The van der Waals surface area contributed by atoms with E-state index in [1.54, 1.807) is 0 Å². The van der Waals surface area contributed by atoms with E-state index in [1.807, 2.05) is 0 Å². The first-order chi connectivity index (χ1) is 23.7. The Labute approximate surface area is 291 Å². The van der Waals surface area contributed by atoms with Gasteiger partial charge < -0.3 is 9.64 Å². The van der Waals surface area contributed by atoms with E-state index in [9.17, 15) is 92.6 Å². The Hall–Kier alpha value is -3.25. The number of alkyl halides is 17. The summed E-state index contributed by atoms with van der Waals surface area (Å²) in [5.74, 6) is -62.2. The van der Waals surface area contributed by atoms with Gasteiger partial charge in [0.15, 0.2) is 15.6 Å². The van der Waals surface area contributed by atoms with Crippen molar-refractivity contribution in [3.63, 3.8) is 0 Å². The molecule has 1 heterocycles. The normalized spacial score (nSPS) is 21.4. The number of likely N-dealkylation sites (tertiary alicyclic amines) is 1. The van der Waals surface area contributed by atoms with Crippen LogP contribution in [0.2, 0.25) is 0 Å². The van der Waals surface area contributed by atoms with Crippen LogP contribution in [0.4, 0.5) is 74.6 Å². The average molecular weight is 840 g/mol. The molecule has 1 spiro atoms. The summed E-state index contributed by atoms with van der Waals surface area (Å²) in [7, 11) is -3.16. The first kappa shape index (κ1) is 44.1. The highest BCUT2D eigenvalue weighted by molar-refractivity contribution is 8.00. The predicted octanol–water partition coefficient (Wildman–Crippen LogP) is 7.46. The van der Waals surface area contributed by atoms with E-state index >= 15 is 0 Å². The molecule has 0 unspecified atom stereocenters. The third-order valence-corrected chi connectivity index (χ3v) is 11.3. The topological polar surface area (TPSA) is 80.8 Å². The second kappa shape index (κ2) is 13.8. The monoisotopic (exact) mass is 839 g/mol. The molecule has 1 amide bonds. The Morgan fingerprint density at radius 2 is 1.26 bits per heavy atom. The summed E-state index contributed by atoms with van der Waals surface area (Å²) in [5, 5.41) is -1.88. The van der Waals surface area contributed by atoms with Gasteiger partial charge >= 0.3 is 47.6 Å². The molecule has 6 nitrogen and oxygen atoms in total. The van der Waals surface area contributed by atoms with Crippen molar-refractivity contribution in [1.82, 2.24) is 4.90 Å². The summed E-state index contributed by atoms with van der Waals surface area (Å²) in [4.78, 5) is 26.0. The van der Waals surface area contributed by atoms with Gasteiger partial charge in [0.25, 0.3) is 0 Å². The molecule has 3 rings (SSSR count). The Kier molecular flexibility index (Phi) is 11.5. The summed E-state index contributed by atoms with van der Waals surface area (Å²) in [6.07, 6.45) is -8.11. The Morgan fingerprint density at radius 1 is 0.774 bits per heavy atom. The molecular formula is C28H22F17NO5S2. The number of halogens is 17. The molecule has 1 fully saturated rings. The summed E-state index contributed by atoms with van der Waals surface area (Å²) in [6, 6.07) is 6.59. The third-order valence-electron chi connectivity index (χ3n) is 8.17. The van der Waals surface area contributed by atoms with Crippen LogP contribution in [0.3, 0.4) is 0 Å². The highest BCUT2D eigenvalue weighted by atomic mass is 32.2. The van der Waals surface area contributed by atoms with Crippen LogP contribution >= 0.6 is 11.8 Å². The lowest BCUT2D eigenvalue weighted by atomic mass is 9.80. The van der Waals surface area contributed by atoms with Gasteiger partial charge in [-0.15, -0.1) is 11.8 Å². The van der Waals surface area contributed by atoms with Crippen molar-refractivity contribution in [3.05, 3.63) is 54.3 Å². The molecule has 1 saturated heterocycles. The zero-order chi connectivity index (χ0) is 41.1. The number of hydrogen-bond donors (Lipinski definition) is 0. The number of amides is 1. The van der Waals surface area contributed by atoms with Gasteiger partial charge in [-0.1, -0.05) is 24.3 Å². The van der Waals surface area contributed by atoms with Gasteiger partial charge in [-0.3, -0.25) is 9.59 Å². The van der Waals surface area contributed by atoms with Gasteiger partial charge in [-0.2, -0.15) is 74.6 Å². The molecule has 0 bridgehead atoms. The van der Waals surface area contributed by atoms with E-state index in [4.69, 9.17) is 4.74 Å². The first-order valence-electron chi connectivity index (χ1n) is 14.1. The van der Waals surface area contributed by atoms with Gasteiger partial charge in [0.05, 0.1) is 23.2 Å². The van der Waals surface area contributed by atoms with Gasteiger partial charge in [0, 0.05) is 31.3 Å². The van der Waals surface area contributed by atoms with Crippen molar-refractivity contribution < 1.29 is 97.4 Å². The summed E-state index contributed by atoms with van der Waals surface area (Å²) < 4.78 is 263. The number of thioether (sulfide) groups is 1. The zero-order valence-corrected chi connectivity index (χ0v) is 27.6. The number of methoxy groups -OCH3 is 1. The smallest absolute Gasteiger partial charge is 0.460 e. The number of benzene rings is 1. The number of carbonyl (C=O) groups is 2. The SMILES string of the molecule is COC1=CC(=O)C=C[C@@]12CN(CCS(=O)(=O)c1ccccc1)C(=O)[C@@H]2SCCC(F)(F)C(F)(F)C(F)(F)C(F)(F)C(F)(F)C(F)(F)C(F)(F)C(F)(F)F. The predicted molar refractivity (Wildman–Crippen MR) is 148 cm³/mol. The quantitative estimate of drug-likeness (QED) is 0.171. The van der Waals surface area contributed by atoms with Crippen molar-refractivity contribution in [2.75, 3.05) is 31.7 Å². The number of sulfone groups is 1. The lowest BCUT2D eigenvalue weighted by Crippen LogP contribution is -2.74. The molecule has 1 aromatic rings. The molecule has 0 N–H and O–H groups in total. The van der Waals surface area contributed by atoms with Crippen LogP contribution in [0.1, 0.15) is 6.42 Å². The number of hydrogen-bond acceptors (Lipinski definition) is 6.